The number of aromatic nitrogens is 4. The number of fused-ring (bicyclic) bond motifs is 1. The highest BCUT2D eigenvalue weighted by atomic mass is 32.2. The zero-order chi connectivity index (χ0) is 11.0. The average molecular weight is 266 g/mol. The lowest BCUT2D eigenvalue weighted by atomic mass is 10.5. The van der Waals surface area contributed by atoms with E-state index in [4.69, 9.17) is 0 Å². The molecule has 3 aromatic heterocycles. The highest BCUT2D eigenvalue weighted by molar-refractivity contribution is 8.00. The molecule has 3 heterocycles. The minimum absolute atomic E-state index is 0.724. The van der Waals surface area contributed by atoms with E-state index >= 15 is 0 Å². The van der Waals surface area contributed by atoms with Crippen molar-refractivity contribution in [2.75, 3.05) is 0 Å². The van der Waals surface area contributed by atoms with Crippen molar-refractivity contribution >= 4 is 44.7 Å². The van der Waals surface area contributed by atoms with Gasteiger partial charge in [0, 0.05) is 6.20 Å². The van der Waals surface area contributed by atoms with Crippen molar-refractivity contribution in [1.82, 2.24) is 20.2 Å². The van der Waals surface area contributed by atoms with Crippen LogP contribution in [-0.2, 0) is 0 Å². The monoisotopic (exact) mass is 266 g/mol. The second-order valence-electron chi connectivity index (χ2n) is 3.01. The fraction of sp³-hybridized carbons (Fsp3) is 0.111. The zero-order valence-corrected chi connectivity index (χ0v) is 10.7. The number of hydrogen-bond acceptors (Lipinski definition) is 7. The summed E-state index contributed by atoms with van der Waals surface area (Å²) in [5.74, 6) is 0. The van der Waals surface area contributed by atoms with E-state index < -0.39 is 0 Å². The number of rotatable bonds is 2. The van der Waals surface area contributed by atoms with Gasteiger partial charge in [0.05, 0.1) is 10.2 Å². The van der Waals surface area contributed by atoms with Crippen LogP contribution in [0.4, 0.5) is 0 Å². The van der Waals surface area contributed by atoms with E-state index in [0.29, 0.717) is 0 Å². The van der Waals surface area contributed by atoms with Gasteiger partial charge < -0.3 is 0 Å². The molecular weight excluding hydrogens is 260 g/mol. The topological polar surface area (TPSA) is 51.6 Å². The first-order chi connectivity index (χ1) is 7.81. The lowest BCUT2D eigenvalue weighted by Crippen LogP contribution is -1.84. The van der Waals surface area contributed by atoms with Crippen LogP contribution in [0.5, 0.6) is 0 Å². The molecular formula is C9H6N4S3. The van der Waals surface area contributed by atoms with Gasteiger partial charge in [-0.1, -0.05) is 11.3 Å². The molecule has 0 saturated heterocycles. The average Bonchev–Trinajstić information content (AvgIpc) is 2.87. The second kappa shape index (κ2) is 4.08. The van der Waals surface area contributed by atoms with E-state index in [0.717, 1.165) is 24.7 Å². The quantitative estimate of drug-likeness (QED) is 0.667. The van der Waals surface area contributed by atoms with Crippen LogP contribution in [0.3, 0.4) is 0 Å². The van der Waals surface area contributed by atoms with Crippen molar-refractivity contribution in [3.05, 3.63) is 22.7 Å². The first-order valence-corrected chi connectivity index (χ1v) is 7.01. The lowest BCUT2D eigenvalue weighted by molar-refractivity contribution is 0.966. The van der Waals surface area contributed by atoms with Gasteiger partial charge in [-0.3, -0.25) is 0 Å². The molecule has 7 heteroatoms. The molecule has 80 valence electrons. The van der Waals surface area contributed by atoms with Crippen LogP contribution >= 0.6 is 34.4 Å². The normalized spacial score (nSPS) is 11.1. The number of aryl methyl sites for hydroxylation is 1. The summed E-state index contributed by atoms with van der Waals surface area (Å²) in [6.45, 7) is 1.94. The Labute approximate surface area is 104 Å². The maximum Gasteiger partial charge on any atom is 0.195 e. The molecule has 0 atom stereocenters. The van der Waals surface area contributed by atoms with Gasteiger partial charge in [0.25, 0.3) is 0 Å². The van der Waals surface area contributed by atoms with Gasteiger partial charge in [-0.05, 0) is 30.1 Å². The Morgan fingerprint density at radius 3 is 3.06 bits per heavy atom. The predicted octanol–water partition coefficient (Wildman–Crippen LogP) is 3.00. The van der Waals surface area contributed by atoms with Crippen LogP contribution in [-0.4, -0.2) is 20.2 Å². The highest BCUT2D eigenvalue weighted by Gasteiger charge is 2.06. The Morgan fingerprint density at radius 1 is 1.31 bits per heavy atom. The van der Waals surface area contributed by atoms with Gasteiger partial charge >= 0.3 is 0 Å². The summed E-state index contributed by atoms with van der Waals surface area (Å²) in [4.78, 5) is 8.73. The Hall–Kier alpha value is -1.05. The number of hydrogen-bond donors (Lipinski definition) is 0. The maximum absolute atomic E-state index is 4.44. The first-order valence-electron chi connectivity index (χ1n) is 4.49. The molecule has 0 aliphatic heterocycles. The largest absolute Gasteiger partial charge is 0.229 e. The summed E-state index contributed by atoms with van der Waals surface area (Å²) in [5.41, 5.74) is 0.990. The zero-order valence-electron chi connectivity index (χ0n) is 8.25. The van der Waals surface area contributed by atoms with Crippen LogP contribution < -0.4 is 0 Å². The molecule has 0 aromatic carbocycles. The second-order valence-corrected chi connectivity index (χ2v) is 6.36. The molecule has 0 bridgehead atoms. The van der Waals surface area contributed by atoms with Gasteiger partial charge in [-0.2, -0.15) is 0 Å². The van der Waals surface area contributed by atoms with E-state index in [9.17, 15) is 0 Å². The SMILES string of the molecule is Cc1nnc(Sc2ncc3sccc3n2)s1. The van der Waals surface area contributed by atoms with Crippen molar-refractivity contribution in [3.8, 4) is 0 Å². The molecule has 16 heavy (non-hydrogen) atoms. The Bertz CT molecular complexity index is 630. The fourth-order valence-corrected chi connectivity index (χ4v) is 3.54. The van der Waals surface area contributed by atoms with Gasteiger partial charge in [-0.15, -0.1) is 21.5 Å². The van der Waals surface area contributed by atoms with Crippen molar-refractivity contribution in [2.45, 2.75) is 16.4 Å². The van der Waals surface area contributed by atoms with E-state index in [-0.39, 0.29) is 0 Å². The fourth-order valence-electron chi connectivity index (χ4n) is 1.20. The summed E-state index contributed by atoms with van der Waals surface area (Å²) in [6, 6.07) is 2.00. The molecule has 0 N–H and O–H groups in total. The van der Waals surface area contributed by atoms with Gasteiger partial charge in [0.1, 0.15) is 5.01 Å². The molecule has 3 aromatic rings. The summed E-state index contributed by atoms with van der Waals surface area (Å²) < 4.78 is 1.99. The van der Waals surface area contributed by atoms with Crippen LogP contribution in [0.15, 0.2) is 27.1 Å². The molecule has 0 saturated carbocycles. The Morgan fingerprint density at radius 2 is 2.25 bits per heavy atom. The van der Waals surface area contributed by atoms with Gasteiger partial charge in [0.15, 0.2) is 9.50 Å². The van der Waals surface area contributed by atoms with Crippen LogP contribution in [0, 0.1) is 6.92 Å². The third-order valence-corrected chi connectivity index (χ3v) is 4.48. The van der Waals surface area contributed by atoms with Crippen molar-refractivity contribution in [3.63, 3.8) is 0 Å². The summed E-state index contributed by atoms with van der Waals surface area (Å²) in [7, 11) is 0. The number of thiophene rings is 1. The summed E-state index contributed by atoms with van der Waals surface area (Å²) >= 11 is 4.65. The van der Waals surface area contributed by atoms with E-state index in [1.165, 1.54) is 11.8 Å². The van der Waals surface area contributed by atoms with Crippen LogP contribution in [0.1, 0.15) is 5.01 Å². The molecule has 0 aliphatic rings. The summed E-state index contributed by atoms with van der Waals surface area (Å²) in [6.07, 6.45) is 1.85. The molecule has 3 rings (SSSR count). The van der Waals surface area contributed by atoms with E-state index in [2.05, 4.69) is 20.2 Å². The first kappa shape index (κ1) is 10.1. The molecule has 0 aliphatic carbocycles. The minimum Gasteiger partial charge on any atom is -0.229 e. The Balaban J connectivity index is 1.94. The smallest absolute Gasteiger partial charge is 0.195 e. The van der Waals surface area contributed by atoms with Crippen molar-refractivity contribution in [2.24, 2.45) is 0 Å². The molecule has 4 nitrogen and oxygen atoms in total. The molecule has 0 radical (unpaired) electrons. The Kier molecular flexibility index (Phi) is 2.58. The standard InChI is InChI=1S/C9H6N4S3/c1-5-12-13-9(15-5)16-8-10-4-7-6(11-8)2-3-14-7/h2-4H,1H3. The third kappa shape index (κ3) is 1.93. The van der Waals surface area contributed by atoms with E-state index in [1.54, 1.807) is 22.7 Å². The number of nitrogens with zero attached hydrogens (tertiary/aromatic N) is 4. The molecule has 0 spiro atoms. The molecule has 0 amide bonds. The lowest BCUT2D eigenvalue weighted by Gasteiger charge is -1.94. The highest BCUT2D eigenvalue weighted by Crippen LogP contribution is 2.28. The minimum atomic E-state index is 0.724. The maximum atomic E-state index is 4.44. The van der Waals surface area contributed by atoms with Gasteiger partial charge in [0.2, 0.25) is 0 Å². The van der Waals surface area contributed by atoms with Crippen molar-refractivity contribution < 1.29 is 0 Å². The molecule has 0 unspecified atom stereocenters. The van der Waals surface area contributed by atoms with E-state index in [1.807, 2.05) is 24.6 Å². The molecule has 0 fully saturated rings. The summed E-state index contributed by atoms with van der Waals surface area (Å²) in [5, 5.41) is 11.7. The third-order valence-electron chi connectivity index (χ3n) is 1.87. The van der Waals surface area contributed by atoms with Crippen LogP contribution in [0.2, 0.25) is 0 Å². The predicted molar refractivity (Wildman–Crippen MR) is 66.2 cm³/mol. The van der Waals surface area contributed by atoms with Crippen molar-refractivity contribution in [1.29, 1.82) is 0 Å². The van der Waals surface area contributed by atoms with Gasteiger partial charge in [-0.25, -0.2) is 9.97 Å². The van der Waals surface area contributed by atoms with Crippen LogP contribution in [0.25, 0.3) is 10.2 Å².